The van der Waals surface area contributed by atoms with Gasteiger partial charge < -0.3 is 10.6 Å². The molecule has 1 aromatic rings. The highest BCUT2D eigenvalue weighted by atomic mass is 15.0. The van der Waals surface area contributed by atoms with Crippen LogP contribution in [0.1, 0.15) is 24.8 Å². The predicted molar refractivity (Wildman–Crippen MR) is 68.7 cm³/mol. The van der Waals surface area contributed by atoms with Crippen LogP contribution in [0.5, 0.6) is 0 Å². The molecule has 0 aliphatic carbocycles. The van der Waals surface area contributed by atoms with Crippen LogP contribution < -0.4 is 10.6 Å². The minimum absolute atomic E-state index is 0.719. The second-order valence-electron chi connectivity index (χ2n) is 4.59. The van der Waals surface area contributed by atoms with E-state index in [4.69, 9.17) is 0 Å². The van der Waals surface area contributed by atoms with E-state index in [1.807, 2.05) is 0 Å². The summed E-state index contributed by atoms with van der Waals surface area (Å²) in [7, 11) is 0. The van der Waals surface area contributed by atoms with Crippen molar-refractivity contribution in [2.45, 2.75) is 31.7 Å². The van der Waals surface area contributed by atoms with Gasteiger partial charge in [0.1, 0.15) is 0 Å². The van der Waals surface area contributed by atoms with Crippen LogP contribution in [0.2, 0.25) is 0 Å². The highest BCUT2D eigenvalue weighted by Gasteiger charge is 2.12. The Morgan fingerprint density at radius 2 is 2.12 bits per heavy atom. The maximum atomic E-state index is 3.54. The van der Waals surface area contributed by atoms with Crippen molar-refractivity contribution in [1.82, 2.24) is 10.6 Å². The summed E-state index contributed by atoms with van der Waals surface area (Å²) in [5.41, 5.74) is 1.45. The number of hydrogen-bond acceptors (Lipinski definition) is 2. The summed E-state index contributed by atoms with van der Waals surface area (Å²) in [5, 5.41) is 7.04. The smallest absolute Gasteiger partial charge is 0.0192 e. The van der Waals surface area contributed by atoms with Gasteiger partial charge in [-0.05, 0) is 44.3 Å². The Kier molecular flexibility index (Phi) is 4.84. The molecule has 2 N–H and O–H groups in total. The molecule has 1 heterocycles. The molecule has 2 nitrogen and oxygen atoms in total. The molecule has 2 rings (SSSR count). The second-order valence-corrected chi connectivity index (χ2v) is 4.59. The van der Waals surface area contributed by atoms with Gasteiger partial charge in [0.2, 0.25) is 0 Å². The van der Waals surface area contributed by atoms with Crippen LogP contribution in [-0.2, 0) is 6.42 Å². The van der Waals surface area contributed by atoms with Gasteiger partial charge in [-0.1, -0.05) is 30.3 Å². The van der Waals surface area contributed by atoms with E-state index in [9.17, 15) is 0 Å². The molecule has 1 aliphatic rings. The van der Waals surface area contributed by atoms with Crippen molar-refractivity contribution in [3.8, 4) is 0 Å². The van der Waals surface area contributed by atoms with Crippen LogP contribution in [0.15, 0.2) is 30.3 Å². The summed E-state index contributed by atoms with van der Waals surface area (Å²) in [6.45, 7) is 3.47. The topological polar surface area (TPSA) is 24.1 Å². The number of hydrogen-bond donors (Lipinski definition) is 2. The lowest BCUT2D eigenvalue weighted by atomic mass is 10.1. The Labute approximate surface area is 98.4 Å². The van der Waals surface area contributed by atoms with Crippen molar-refractivity contribution in [3.63, 3.8) is 0 Å². The summed E-state index contributed by atoms with van der Waals surface area (Å²) >= 11 is 0. The second kappa shape index (κ2) is 6.66. The van der Waals surface area contributed by atoms with Crippen LogP contribution >= 0.6 is 0 Å². The molecule has 1 unspecified atom stereocenters. The highest BCUT2D eigenvalue weighted by molar-refractivity contribution is 5.14. The van der Waals surface area contributed by atoms with Gasteiger partial charge in [0, 0.05) is 12.6 Å². The van der Waals surface area contributed by atoms with Crippen molar-refractivity contribution in [2.75, 3.05) is 19.6 Å². The number of benzene rings is 1. The molecule has 0 saturated carbocycles. The highest BCUT2D eigenvalue weighted by Crippen LogP contribution is 2.04. The fraction of sp³-hybridized carbons (Fsp3) is 0.571. The SMILES string of the molecule is c1ccc(CCCNCC2CCCN2)cc1. The molecule has 0 bridgehead atoms. The zero-order valence-electron chi connectivity index (χ0n) is 9.91. The maximum absolute atomic E-state index is 3.54. The first-order chi connectivity index (χ1) is 7.95. The number of rotatable bonds is 6. The lowest BCUT2D eigenvalue weighted by molar-refractivity contribution is 0.529. The molecule has 1 saturated heterocycles. The summed E-state index contributed by atoms with van der Waals surface area (Å²) in [6, 6.07) is 11.4. The van der Waals surface area contributed by atoms with Crippen molar-refractivity contribution in [2.24, 2.45) is 0 Å². The van der Waals surface area contributed by atoms with Gasteiger partial charge in [0.15, 0.2) is 0 Å². The molecule has 0 amide bonds. The molecule has 88 valence electrons. The molecule has 2 heteroatoms. The largest absolute Gasteiger partial charge is 0.315 e. The monoisotopic (exact) mass is 218 g/mol. The zero-order valence-corrected chi connectivity index (χ0v) is 9.91. The Bertz CT molecular complexity index is 278. The third kappa shape index (κ3) is 3.95. The molecule has 1 atom stereocenters. The Morgan fingerprint density at radius 1 is 1.25 bits per heavy atom. The van der Waals surface area contributed by atoms with Gasteiger partial charge in [0.05, 0.1) is 0 Å². The van der Waals surface area contributed by atoms with E-state index in [-0.39, 0.29) is 0 Å². The van der Waals surface area contributed by atoms with Gasteiger partial charge in [-0.25, -0.2) is 0 Å². The van der Waals surface area contributed by atoms with E-state index in [2.05, 4.69) is 41.0 Å². The van der Waals surface area contributed by atoms with Gasteiger partial charge in [-0.2, -0.15) is 0 Å². The molecular formula is C14H22N2. The summed E-state index contributed by atoms with van der Waals surface area (Å²) in [5.74, 6) is 0. The normalized spacial score (nSPS) is 20.1. The van der Waals surface area contributed by atoms with Crippen LogP contribution in [0.4, 0.5) is 0 Å². The number of nitrogens with one attached hydrogen (secondary N) is 2. The molecule has 1 aromatic carbocycles. The standard InChI is InChI=1S/C14H22N2/c1-2-6-13(7-3-1)8-4-10-15-12-14-9-5-11-16-14/h1-3,6-7,14-16H,4-5,8-12H2. The summed E-state index contributed by atoms with van der Waals surface area (Å²) in [4.78, 5) is 0. The summed E-state index contributed by atoms with van der Waals surface area (Å²) < 4.78 is 0. The van der Waals surface area contributed by atoms with Gasteiger partial charge in [0.25, 0.3) is 0 Å². The van der Waals surface area contributed by atoms with Crippen LogP contribution in [0, 0.1) is 0 Å². The average Bonchev–Trinajstić information content (AvgIpc) is 2.83. The first-order valence-electron chi connectivity index (χ1n) is 6.43. The lowest BCUT2D eigenvalue weighted by Gasteiger charge is -2.11. The molecule has 0 spiro atoms. The zero-order chi connectivity index (χ0) is 11.1. The predicted octanol–water partition coefficient (Wildman–Crippen LogP) is 1.96. The molecule has 16 heavy (non-hydrogen) atoms. The molecule has 0 radical (unpaired) electrons. The summed E-state index contributed by atoms with van der Waals surface area (Å²) in [6.07, 6.45) is 5.10. The van der Waals surface area contributed by atoms with Gasteiger partial charge >= 0.3 is 0 Å². The average molecular weight is 218 g/mol. The maximum Gasteiger partial charge on any atom is 0.0192 e. The van der Waals surface area contributed by atoms with E-state index < -0.39 is 0 Å². The van der Waals surface area contributed by atoms with Crippen LogP contribution in [-0.4, -0.2) is 25.7 Å². The first kappa shape index (κ1) is 11.6. The first-order valence-corrected chi connectivity index (χ1v) is 6.43. The van der Waals surface area contributed by atoms with Crippen molar-refractivity contribution < 1.29 is 0 Å². The van der Waals surface area contributed by atoms with Crippen molar-refractivity contribution >= 4 is 0 Å². The van der Waals surface area contributed by atoms with Crippen molar-refractivity contribution in [3.05, 3.63) is 35.9 Å². The quantitative estimate of drug-likeness (QED) is 0.713. The van der Waals surface area contributed by atoms with Gasteiger partial charge in [-0.15, -0.1) is 0 Å². The molecule has 0 aromatic heterocycles. The van der Waals surface area contributed by atoms with E-state index in [0.29, 0.717) is 0 Å². The molecular weight excluding hydrogens is 196 g/mol. The van der Waals surface area contributed by atoms with E-state index in [1.165, 1.54) is 37.8 Å². The van der Waals surface area contributed by atoms with Gasteiger partial charge in [-0.3, -0.25) is 0 Å². The number of aryl methyl sites for hydroxylation is 1. The Hall–Kier alpha value is -0.860. The lowest BCUT2D eigenvalue weighted by Crippen LogP contribution is -2.34. The molecule has 1 aliphatic heterocycles. The third-order valence-electron chi connectivity index (χ3n) is 3.21. The van der Waals surface area contributed by atoms with Crippen LogP contribution in [0.25, 0.3) is 0 Å². The van der Waals surface area contributed by atoms with Crippen LogP contribution in [0.3, 0.4) is 0 Å². The molecule has 1 fully saturated rings. The Balaban J connectivity index is 1.52. The fourth-order valence-electron chi connectivity index (χ4n) is 2.27. The minimum atomic E-state index is 0.719. The minimum Gasteiger partial charge on any atom is -0.315 e. The van der Waals surface area contributed by atoms with Crippen molar-refractivity contribution in [1.29, 1.82) is 0 Å². The van der Waals surface area contributed by atoms with E-state index >= 15 is 0 Å². The van der Waals surface area contributed by atoms with E-state index in [1.54, 1.807) is 0 Å². The third-order valence-corrected chi connectivity index (χ3v) is 3.21. The Morgan fingerprint density at radius 3 is 2.88 bits per heavy atom. The van der Waals surface area contributed by atoms with E-state index in [0.717, 1.165) is 19.1 Å². The fourth-order valence-corrected chi connectivity index (χ4v) is 2.27.